The maximum Gasteiger partial charge on any atom is 0.260 e. The van der Waals surface area contributed by atoms with Crippen LogP contribution in [0.1, 0.15) is 28.3 Å². The normalized spacial score (nSPS) is 11.4. The molecule has 0 spiro atoms. The molecule has 0 aliphatic rings. The predicted octanol–water partition coefficient (Wildman–Crippen LogP) is 3.36. The summed E-state index contributed by atoms with van der Waals surface area (Å²) in [6.45, 7) is 6.70. The van der Waals surface area contributed by atoms with E-state index >= 15 is 0 Å². The van der Waals surface area contributed by atoms with Gasteiger partial charge in [-0.05, 0) is 38.5 Å². The summed E-state index contributed by atoms with van der Waals surface area (Å²) in [5.74, 6) is 0.591. The predicted molar refractivity (Wildman–Crippen MR) is 117 cm³/mol. The lowest BCUT2D eigenvalue weighted by Gasteiger charge is -2.05. The summed E-state index contributed by atoms with van der Waals surface area (Å²) >= 11 is 0. The molecule has 1 amide bonds. The van der Waals surface area contributed by atoms with Gasteiger partial charge >= 0.3 is 0 Å². The molecule has 0 aliphatic carbocycles. The highest BCUT2D eigenvalue weighted by Crippen LogP contribution is 2.15. The Kier molecular flexibility index (Phi) is 5.43. The second-order valence-electron chi connectivity index (χ2n) is 7.25. The first-order valence-corrected chi connectivity index (χ1v) is 9.84. The Hall–Kier alpha value is -3.74. The molecule has 0 aliphatic heterocycles. The SMILES string of the molecule is Cc1nn(Cc2ccccc2)c(C)c1/C=N\NC(=O)Cn1c(C)nc2ccccc21. The minimum atomic E-state index is -0.204. The zero-order chi connectivity index (χ0) is 21.1. The summed E-state index contributed by atoms with van der Waals surface area (Å²) in [5, 5.41) is 8.77. The lowest BCUT2D eigenvalue weighted by molar-refractivity contribution is -0.121. The third-order valence-electron chi connectivity index (χ3n) is 5.14. The number of para-hydroxylation sites is 2. The number of carbonyl (C=O) groups excluding carboxylic acids is 1. The fourth-order valence-electron chi connectivity index (χ4n) is 3.55. The number of rotatable bonds is 6. The van der Waals surface area contributed by atoms with Crippen LogP contribution in [0.2, 0.25) is 0 Å². The lowest BCUT2D eigenvalue weighted by atomic mass is 10.2. The largest absolute Gasteiger partial charge is 0.319 e. The van der Waals surface area contributed by atoms with Crippen molar-refractivity contribution in [2.75, 3.05) is 0 Å². The van der Waals surface area contributed by atoms with Gasteiger partial charge in [0.25, 0.3) is 5.91 Å². The lowest BCUT2D eigenvalue weighted by Crippen LogP contribution is -2.23. The smallest absolute Gasteiger partial charge is 0.260 e. The molecule has 0 fully saturated rings. The van der Waals surface area contributed by atoms with Gasteiger partial charge in [0.2, 0.25) is 0 Å². The molecular formula is C23H24N6O. The number of aromatic nitrogens is 4. The van der Waals surface area contributed by atoms with Gasteiger partial charge in [-0.25, -0.2) is 10.4 Å². The summed E-state index contributed by atoms with van der Waals surface area (Å²) in [4.78, 5) is 16.9. The number of aryl methyl sites for hydroxylation is 2. The molecular weight excluding hydrogens is 376 g/mol. The van der Waals surface area contributed by atoms with E-state index in [1.165, 1.54) is 5.56 Å². The second-order valence-corrected chi connectivity index (χ2v) is 7.25. The molecule has 30 heavy (non-hydrogen) atoms. The minimum absolute atomic E-state index is 0.162. The Morgan fingerprint density at radius 1 is 1.07 bits per heavy atom. The topological polar surface area (TPSA) is 77.1 Å². The molecule has 7 nitrogen and oxygen atoms in total. The Bertz CT molecular complexity index is 1220. The highest BCUT2D eigenvalue weighted by atomic mass is 16.2. The highest BCUT2D eigenvalue weighted by Gasteiger charge is 2.12. The Balaban J connectivity index is 1.44. The van der Waals surface area contributed by atoms with Crippen LogP contribution in [0.5, 0.6) is 0 Å². The van der Waals surface area contributed by atoms with E-state index in [-0.39, 0.29) is 12.5 Å². The van der Waals surface area contributed by atoms with Crippen molar-refractivity contribution in [1.29, 1.82) is 0 Å². The van der Waals surface area contributed by atoms with Crippen LogP contribution in [-0.4, -0.2) is 31.5 Å². The third-order valence-corrected chi connectivity index (χ3v) is 5.14. The fraction of sp³-hybridized carbons (Fsp3) is 0.217. The molecule has 0 radical (unpaired) electrons. The number of hydrazone groups is 1. The Labute approximate surface area is 175 Å². The fourth-order valence-corrected chi connectivity index (χ4v) is 3.55. The van der Waals surface area contributed by atoms with Gasteiger partial charge in [-0.1, -0.05) is 42.5 Å². The molecule has 0 saturated heterocycles. The van der Waals surface area contributed by atoms with Crippen molar-refractivity contribution in [3.8, 4) is 0 Å². The van der Waals surface area contributed by atoms with Crippen LogP contribution in [0, 0.1) is 20.8 Å². The second kappa shape index (κ2) is 8.32. The van der Waals surface area contributed by atoms with Crippen LogP contribution in [0.25, 0.3) is 11.0 Å². The van der Waals surface area contributed by atoms with E-state index < -0.39 is 0 Å². The van der Waals surface area contributed by atoms with E-state index in [0.29, 0.717) is 6.54 Å². The molecule has 152 valence electrons. The van der Waals surface area contributed by atoms with Crippen LogP contribution >= 0.6 is 0 Å². The van der Waals surface area contributed by atoms with Gasteiger partial charge in [0.15, 0.2) is 0 Å². The summed E-state index contributed by atoms with van der Waals surface area (Å²) in [5.41, 5.74) is 8.41. The maximum absolute atomic E-state index is 12.4. The molecule has 1 N–H and O–H groups in total. The van der Waals surface area contributed by atoms with E-state index in [2.05, 4.69) is 32.7 Å². The number of fused-ring (bicyclic) bond motifs is 1. The number of carbonyl (C=O) groups is 1. The molecule has 4 aromatic rings. The first-order chi connectivity index (χ1) is 14.5. The number of nitrogens with one attached hydrogen (secondary N) is 1. The summed E-state index contributed by atoms with van der Waals surface area (Å²) < 4.78 is 3.84. The monoisotopic (exact) mass is 400 g/mol. The number of benzene rings is 2. The van der Waals surface area contributed by atoms with Crippen molar-refractivity contribution in [3.63, 3.8) is 0 Å². The van der Waals surface area contributed by atoms with Gasteiger partial charge < -0.3 is 4.57 Å². The van der Waals surface area contributed by atoms with Crippen LogP contribution < -0.4 is 5.43 Å². The van der Waals surface area contributed by atoms with E-state index in [4.69, 9.17) is 0 Å². The van der Waals surface area contributed by atoms with Gasteiger partial charge in [0.1, 0.15) is 12.4 Å². The zero-order valence-electron chi connectivity index (χ0n) is 17.3. The summed E-state index contributed by atoms with van der Waals surface area (Å²) in [6.07, 6.45) is 1.66. The van der Waals surface area contributed by atoms with Gasteiger partial charge in [-0.15, -0.1) is 0 Å². The first-order valence-electron chi connectivity index (χ1n) is 9.84. The average Bonchev–Trinajstić information content (AvgIpc) is 3.19. The quantitative estimate of drug-likeness (QED) is 0.398. The van der Waals surface area contributed by atoms with Gasteiger partial charge in [-0.3, -0.25) is 9.48 Å². The van der Waals surface area contributed by atoms with Crippen molar-refractivity contribution in [2.45, 2.75) is 33.9 Å². The molecule has 0 unspecified atom stereocenters. The molecule has 4 rings (SSSR count). The molecule has 2 aromatic heterocycles. The van der Waals surface area contributed by atoms with Crippen molar-refractivity contribution in [3.05, 3.63) is 82.9 Å². The van der Waals surface area contributed by atoms with Crippen LogP contribution in [0.4, 0.5) is 0 Å². The highest BCUT2D eigenvalue weighted by molar-refractivity contribution is 5.85. The number of nitrogens with zero attached hydrogens (tertiary/aromatic N) is 5. The summed E-state index contributed by atoms with van der Waals surface area (Å²) in [7, 11) is 0. The number of hydrogen-bond acceptors (Lipinski definition) is 4. The van der Waals surface area contributed by atoms with Crippen molar-refractivity contribution in [1.82, 2.24) is 24.8 Å². The number of amides is 1. The van der Waals surface area contributed by atoms with Gasteiger partial charge in [0, 0.05) is 11.3 Å². The average molecular weight is 400 g/mol. The molecule has 2 heterocycles. The minimum Gasteiger partial charge on any atom is -0.319 e. The van der Waals surface area contributed by atoms with Crippen LogP contribution in [-0.2, 0) is 17.9 Å². The van der Waals surface area contributed by atoms with Gasteiger partial charge in [-0.2, -0.15) is 10.2 Å². The standard InChI is InChI=1S/C23H24N6O/c1-16-20(17(2)29(27-16)14-19-9-5-4-6-10-19)13-24-26-23(30)15-28-18(3)25-21-11-7-8-12-22(21)28/h4-13H,14-15H2,1-3H3,(H,26,30)/b24-13-. The van der Waals surface area contributed by atoms with Crippen LogP contribution in [0.15, 0.2) is 59.7 Å². The van der Waals surface area contributed by atoms with E-state index in [1.807, 2.05) is 72.5 Å². The maximum atomic E-state index is 12.4. The molecule has 0 saturated carbocycles. The zero-order valence-corrected chi connectivity index (χ0v) is 17.3. The first kappa shape index (κ1) is 19.6. The molecule has 0 bridgehead atoms. The third kappa shape index (κ3) is 4.00. The number of hydrogen-bond donors (Lipinski definition) is 1. The number of imidazole rings is 1. The molecule has 2 aromatic carbocycles. The molecule has 0 atom stereocenters. The van der Waals surface area contributed by atoms with Crippen molar-refractivity contribution >= 4 is 23.2 Å². The van der Waals surface area contributed by atoms with Gasteiger partial charge in [0.05, 0.1) is 29.5 Å². The Morgan fingerprint density at radius 3 is 2.60 bits per heavy atom. The summed E-state index contributed by atoms with van der Waals surface area (Å²) in [6, 6.07) is 18.0. The van der Waals surface area contributed by atoms with Crippen LogP contribution in [0.3, 0.4) is 0 Å². The Morgan fingerprint density at radius 2 is 1.80 bits per heavy atom. The van der Waals surface area contributed by atoms with E-state index in [0.717, 1.165) is 33.8 Å². The van der Waals surface area contributed by atoms with E-state index in [9.17, 15) is 4.79 Å². The van der Waals surface area contributed by atoms with Crippen molar-refractivity contribution in [2.24, 2.45) is 5.10 Å². The van der Waals surface area contributed by atoms with E-state index in [1.54, 1.807) is 6.21 Å². The van der Waals surface area contributed by atoms with Crippen molar-refractivity contribution < 1.29 is 4.79 Å². The molecule has 7 heteroatoms.